The fourth-order valence-corrected chi connectivity index (χ4v) is 5.51. The molecule has 1 amide bonds. The minimum atomic E-state index is -0.328. The number of hydrogen-bond donors (Lipinski definition) is 1. The van der Waals surface area contributed by atoms with E-state index in [0.717, 1.165) is 30.6 Å². The minimum absolute atomic E-state index is 0.0244. The van der Waals surface area contributed by atoms with Crippen LogP contribution in [0.2, 0.25) is 0 Å². The fraction of sp³-hybridized carbons (Fsp3) is 0.478. The number of ketones is 1. The standard InChI is InChI=1S/C23H26N4O3S/c1-23(7-3-2-4-8-23)20(28)15-13-24-21-19(15)26-16(14-25-21)17-5-6-18(31-17)22(29)27-9-11-30-12-10-27/h5-6,13-14H,2-4,7-12H2,1H3,(H,24,25). The van der Waals surface area contributed by atoms with Crippen molar-refractivity contribution in [1.29, 1.82) is 0 Å². The lowest BCUT2D eigenvalue weighted by molar-refractivity contribution is 0.0306. The van der Waals surface area contributed by atoms with Crippen molar-refractivity contribution in [3.8, 4) is 10.6 Å². The molecule has 0 radical (unpaired) electrons. The molecule has 1 saturated carbocycles. The molecule has 8 heteroatoms. The van der Waals surface area contributed by atoms with Crippen molar-refractivity contribution in [1.82, 2.24) is 19.9 Å². The molecule has 7 nitrogen and oxygen atoms in total. The number of aromatic amines is 1. The summed E-state index contributed by atoms with van der Waals surface area (Å²) in [4.78, 5) is 41.9. The highest BCUT2D eigenvalue weighted by Crippen LogP contribution is 2.40. The highest BCUT2D eigenvalue weighted by molar-refractivity contribution is 7.17. The van der Waals surface area contributed by atoms with Crippen LogP contribution in [-0.4, -0.2) is 57.8 Å². The number of Topliss-reactive ketones (excluding diaryl/α,β-unsaturated/α-hetero) is 1. The van der Waals surface area contributed by atoms with E-state index in [2.05, 4.69) is 16.9 Å². The van der Waals surface area contributed by atoms with Crippen LogP contribution in [0.5, 0.6) is 0 Å². The number of ether oxygens (including phenoxy) is 1. The van der Waals surface area contributed by atoms with Gasteiger partial charge in [0.05, 0.1) is 40.4 Å². The number of H-pyrrole nitrogens is 1. The summed E-state index contributed by atoms with van der Waals surface area (Å²) in [6, 6.07) is 3.75. The Morgan fingerprint density at radius 3 is 2.71 bits per heavy atom. The van der Waals surface area contributed by atoms with E-state index in [9.17, 15) is 9.59 Å². The Kier molecular flexibility index (Phi) is 5.35. The third-order valence-corrected chi connectivity index (χ3v) is 7.59. The molecule has 3 aromatic rings. The van der Waals surface area contributed by atoms with Crippen molar-refractivity contribution in [3.63, 3.8) is 0 Å². The first kappa shape index (κ1) is 20.3. The van der Waals surface area contributed by atoms with Crippen LogP contribution >= 0.6 is 11.3 Å². The van der Waals surface area contributed by atoms with Gasteiger partial charge in [-0.2, -0.15) is 0 Å². The summed E-state index contributed by atoms with van der Waals surface area (Å²) in [7, 11) is 0. The van der Waals surface area contributed by atoms with Crippen molar-refractivity contribution >= 4 is 34.2 Å². The highest BCUT2D eigenvalue weighted by Gasteiger charge is 2.36. The van der Waals surface area contributed by atoms with Gasteiger partial charge in [0.25, 0.3) is 5.91 Å². The van der Waals surface area contributed by atoms with Crippen LogP contribution in [-0.2, 0) is 4.74 Å². The lowest BCUT2D eigenvalue weighted by Crippen LogP contribution is -2.40. The number of rotatable bonds is 4. The number of amides is 1. The summed E-state index contributed by atoms with van der Waals surface area (Å²) in [5.41, 5.74) is 2.21. The number of nitrogens with one attached hydrogen (secondary N) is 1. The highest BCUT2D eigenvalue weighted by atomic mass is 32.1. The molecule has 162 valence electrons. The summed E-state index contributed by atoms with van der Waals surface area (Å²) in [5.74, 6) is 0.176. The van der Waals surface area contributed by atoms with Crippen molar-refractivity contribution < 1.29 is 14.3 Å². The molecule has 1 aliphatic heterocycles. The second kappa shape index (κ2) is 8.16. The van der Waals surface area contributed by atoms with Gasteiger partial charge in [0.1, 0.15) is 5.52 Å². The molecule has 0 spiro atoms. The first-order valence-electron chi connectivity index (χ1n) is 10.9. The number of hydrogen-bond acceptors (Lipinski definition) is 6. The second-order valence-corrected chi connectivity index (χ2v) is 9.76. The Morgan fingerprint density at radius 1 is 1.16 bits per heavy atom. The van der Waals surface area contributed by atoms with Crippen LogP contribution in [0.25, 0.3) is 21.7 Å². The number of nitrogens with zero attached hydrogens (tertiary/aromatic N) is 3. The molecule has 1 N–H and O–H groups in total. The molecule has 5 rings (SSSR count). The van der Waals surface area contributed by atoms with Gasteiger partial charge in [0.15, 0.2) is 11.4 Å². The predicted octanol–water partition coefficient (Wildman–Crippen LogP) is 4.31. The van der Waals surface area contributed by atoms with E-state index < -0.39 is 0 Å². The molecule has 4 heterocycles. The quantitative estimate of drug-likeness (QED) is 0.613. The van der Waals surface area contributed by atoms with Crippen molar-refractivity contribution in [2.75, 3.05) is 26.3 Å². The topological polar surface area (TPSA) is 88.2 Å². The normalized spacial score (nSPS) is 18.9. The van der Waals surface area contributed by atoms with Crippen LogP contribution in [0.15, 0.2) is 24.5 Å². The van der Waals surface area contributed by atoms with E-state index in [1.165, 1.54) is 17.8 Å². The van der Waals surface area contributed by atoms with Gasteiger partial charge in [0, 0.05) is 24.7 Å². The monoisotopic (exact) mass is 438 g/mol. The zero-order valence-electron chi connectivity index (χ0n) is 17.6. The molecular weight excluding hydrogens is 412 g/mol. The van der Waals surface area contributed by atoms with Gasteiger partial charge in [-0.1, -0.05) is 26.2 Å². The number of aromatic nitrogens is 3. The van der Waals surface area contributed by atoms with Crippen LogP contribution < -0.4 is 0 Å². The van der Waals surface area contributed by atoms with Crippen LogP contribution in [0.4, 0.5) is 0 Å². The Hall–Kier alpha value is -2.58. The number of morpholine rings is 1. The van der Waals surface area contributed by atoms with E-state index in [-0.39, 0.29) is 17.1 Å². The Bertz CT molecular complexity index is 1120. The molecule has 0 unspecified atom stereocenters. The average molecular weight is 439 g/mol. The zero-order chi connectivity index (χ0) is 21.4. The summed E-state index contributed by atoms with van der Waals surface area (Å²) in [6.07, 6.45) is 8.67. The smallest absolute Gasteiger partial charge is 0.264 e. The Labute approximate surface area is 184 Å². The van der Waals surface area contributed by atoms with E-state index in [1.807, 2.05) is 17.0 Å². The second-order valence-electron chi connectivity index (χ2n) is 8.67. The van der Waals surface area contributed by atoms with Crippen molar-refractivity contribution in [2.24, 2.45) is 5.41 Å². The predicted molar refractivity (Wildman–Crippen MR) is 119 cm³/mol. The van der Waals surface area contributed by atoms with Gasteiger partial charge in [-0.05, 0) is 25.0 Å². The van der Waals surface area contributed by atoms with Crippen LogP contribution in [0, 0.1) is 5.41 Å². The fourth-order valence-electron chi connectivity index (χ4n) is 4.58. The van der Waals surface area contributed by atoms with Gasteiger partial charge in [-0.3, -0.25) is 9.59 Å². The largest absolute Gasteiger partial charge is 0.378 e. The lowest BCUT2D eigenvalue weighted by Gasteiger charge is -2.31. The summed E-state index contributed by atoms with van der Waals surface area (Å²) in [6.45, 7) is 4.47. The number of carbonyl (C=O) groups is 2. The summed E-state index contributed by atoms with van der Waals surface area (Å²) >= 11 is 1.41. The molecular formula is C23H26N4O3S. The Balaban J connectivity index is 1.44. The van der Waals surface area contributed by atoms with Gasteiger partial charge < -0.3 is 14.6 Å². The third-order valence-electron chi connectivity index (χ3n) is 6.50. The van der Waals surface area contributed by atoms with Gasteiger partial charge >= 0.3 is 0 Å². The third kappa shape index (κ3) is 3.78. The lowest BCUT2D eigenvalue weighted by atomic mass is 9.71. The van der Waals surface area contributed by atoms with E-state index >= 15 is 0 Å². The zero-order valence-corrected chi connectivity index (χ0v) is 18.5. The first-order valence-corrected chi connectivity index (χ1v) is 11.7. The maximum absolute atomic E-state index is 13.4. The van der Waals surface area contributed by atoms with Gasteiger partial charge in [-0.25, -0.2) is 9.97 Å². The molecule has 2 aliphatic rings. The maximum Gasteiger partial charge on any atom is 0.264 e. The molecule has 0 bridgehead atoms. The molecule has 3 aromatic heterocycles. The molecule has 0 atom stereocenters. The maximum atomic E-state index is 13.4. The number of thiophene rings is 1. The van der Waals surface area contributed by atoms with Gasteiger partial charge in [0.2, 0.25) is 0 Å². The van der Waals surface area contributed by atoms with E-state index in [0.29, 0.717) is 53.6 Å². The van der Waals surface area contributed by atoms with Crippen LogP contribution in [0.3, 0.4) is 0 Å². The van der Waals surface area contributed by atoms with Gasteiger partial charge in [-0.15, -0.1) is 11.3 Å². The van der Waals surface area contributed by atoms with E-state index in [1.54, 1.807) is 12.4 Å². The molecule has 1 saturated heterocycles. The van der Waals surface area contributed by atoms with Crippen LogP contribution in [0.1, 0.15) is 59.1 Å². The number of carbonyl (C=O) groups excluding carboxylic acids is 2. The van der Waals surface area contributed by atoms with E-state index in [4.69, 9.17) is 9.72 Å². The van der Waals surface area contributed by atoms with Crippen molar-refractivity contribution in [2.45, 2.75) is 39.0 Å². The molecule has 0 aromatic carbocycles. The van der Waals surface area contributed by atoms with Crippen molar-refractivity contribution in [3.05, 3.63) is 35.0 Å². The molecule has 1 aliphatic carbocycles. The SMILES string of the molecule is CC1(C(=O)c2c[nH]c3ncc(-c4ccc(C(=O)N5CCOCC5)s4)nc23)CCCCC1. The summed E-state index contributed by atoms with van der Waals surface area (Å²) in [5, 5.41) is 0. The minimum Gasteiger partial charge on any atom is -0.378 e. The molecule has 2 fully saturated rings. The average Bonchev–Trinajstić information content (AvgIpc) is 3.46. The summed E-state index contributed by atoms with van der Waals surface area (Å²) < 4.78 is 5.34. The number of fused-ring (bicyclic) bond motifs is 1. The first-order chi connectivity index (χ1) is 15.0. The molecule has 31 heavy (non-hydrogen) atoms. The Morgan fingerprint density at radius 2 is 1.94 bits per heavy atom.